The van der Waals surface area contributed by atoms with Crippen LogP contribution in [0.5, 0.6) is 5.75 Å². The molecule has 45 heavy (non-hydrogen) atoms. The van der Waals surface area contributed by atoms with Crippen molar-refractivity contribution in [3.8, 4) is 28.4 Å². The molecule has 2 unspecified atom stereocenters. The molecular formula is C36H36N6O3. The number of benzene rings is 3. The van der Waals surface area contributed by atoms with Crippen LogP contribution in [0.3, 0.4) is 0 Å². The summed E-state index contributed by atoms with van der Waals surface area (Å²) in [5, 5.41) is 4.08. The van der Waals surface area contributed by atoms with Crippen LogP contribution in [-0.4, -0.2) is 56.6 Å². The maximum atomic E-state index is 13.7. The maximum absolute atomic E-state index is 13.7. The molecule has 0 radical (unpaired) electrons. The van der Waals surface area contributed by atoms with Gasteiger partial charge in [0.25, 0.3) is 11.8 Å². The molecule has 228 valence electrons. The van der Waals surface area contributed by atoms with Crippen molar-refractivity contribution < 1.29 is 14.3 Å². The SMILES string of the molecule is COc1cc(C(=O)N2CC3CCC2[C@@H]3N)cc2nc(-c3cc4ccc(-c5ccc6c(c5)CNC6=O)cc4n3CC3CC3)n(C)c12. The lowest BCUT2D eigenvalue weighted by Crippen LogP contribution is -2.41. The Labute approximate surface area is 261 Å². The summed E-state index contributed by atoms with van der Waals surface area (Å²) in [7, 11) is 3.68. The van der Waals surface area contributed by atoms with Crippen LogP contribution in [0.15, 0.2) is 54.6 Å². The summed E-state index contributed by atoms with van der Waals surface area (Å²) >= 11 is 0. The molecule has 4 heterocycles. The van der Waals surface area contributed by atoms with Gasteiger partial charge in [-0.25, -0.2) is 4.98 Å². The predicted octanol–water partition coefficient (Wildman–Crippen LogP) is 5.09. The zero-order valence-corrected chi connectivity index (χ0v) is 25.5. The number of ether oxygens (including phenoxy) is 1. The lowest BCUT2D eigenvalue weighted by atomic mass is 9.99. The van der Waals surface area contributed by atoms with Gasteiger partial charge in [0.05, 0.1) is 18.3 Å². The Morgan fingerprint density at radius 2 is 1.87 bits per heavy atom. The fraction of sp³-hybridized carbons (Fsp3) is 0.361. The highest BCUT2D eigenvalue weighted by atomic mass is 16.5. The first-order valence-corrected chi connectivity index (χ1v) is 16.0. The van der Waals surface area contributed by atoms with E-state index in [9.17, 15) is 9.59 Å². The van der Waals surface area contributed by atoms with Crippen LogP contribution in [0.2, 0.25) is 0 Å². The number of rotatable bonds is 6. The van der Waals surface area contributed by atoms with Gasteiger partial charge in [-0.1, -0.05) is 18.2 Å². The van der Waals surface area contributed by atoms with E-state index in [2.05, 4.69) is 44.8 Å². The molecule has 3 atom stereocenters. The lowest BCUT2D eigenvalue weighted by molar-refractivity contribution is 0.0700. The molecule has 9 nitrogen and oxygen atoms in total. The number of nitrogens with one attached hydrogen (secondary N) is 1. The van der Waals surface area contributed by atoms with Crippen molar-refractivity contribution in [2.24, 2.45) is 24.6 Å². The van der Waals surface area contributed by atoms with E-state index in [1.807, 2.05) is 36.2 Å². The number of piperidine rings is 1. The van der Waals surface area contributed by atoms with Gasteiger partial charge < -0.3 is 29.8 Å². The molecular weight excluding hydrogens is 564 g/mol. The molecule has 2 saturated carbocycles. The van der Waals surface area contributed by atoms with E-state index in [4.69, 9.17) is 15.5 Å². The molecule has 2 aromatic heterocycles. The van der Waals surface area contributed by atoms with E-state index in [1.54, 1.807) is 7.11 Å². The Morgan fingerprint density at radius 3 is 2.62 bits per heavy atom. The molecule has 3 fully saturated rings. The van der Waals surface area contributed by atoms with E-state index in [1.165, 1.54) is 18.4 Å². The Hall–Kier alpha value is -4.63. The standard InChI is InChI=1S/C36H36N6O3/c1-40-33-27(12-24(15-31(33)45-2)36(44)42-18-23-8-10-28(42)32(23)37)39-34(40)30-14-22-6-5-21(13-29(22)41(30)17-19-3-4-19)20-7-9-26-25(11-20)16-38-35(26)43/h5-7,9,11-15,19,23,28,32H,3-4,8,10,16-18,37H2,1-2H3,(H,38,43)/t23?,28?,32-/m1/s1. The first kappa shape index (κ1) is 26.7. The van der Waals surface area contributed by atoms with Crippen LogP contribution in [0.25, 0.3) is 44.6 Å². The average molecular weight is 601 g/mol. The summed E-state index contributed by atoms with van der Waals surface area (Å²) < 4.78 is 10.4. The summed E-state index contributed by atoms with van der Waals surface area (Å²) in [4.78, 5) is 33.0. The van der Waals surface area contributed by atoms with Crippen LogP contribution in [0.1, 0.15) is 52.0 Å². The molecule has 9 heteroatoms. The van der Waals surface area contributed by atoms with Crippen molar-refractivity contribution in [2.75, 3.05) is 13.7 Å². The second-order valence-electron chi connectivity index (χ2n) is 13.4. The summed E-state index contributed by atoms with van der Waals surface area (Å²) in [5.41, 5.74) is 14.9. The number of hydrogen-bond acceptors (Lipinski definition) is 5. The third-order valence-corrected chi connectivity index (χ3v) is 10.7. The van der Waals surface area contributed by atoms with Crippen LogP contribution < -0.4 is 15.8 Å². The third-order valence-electron chi connectivity index (χ3n) is 10.7. The molecule has 9 rings (SSSR count). The second-order valence-corrected chi connectivity index (χ2v) is 13.4. The quantitative estimate of drug-likeness (QED) is 0.283. The topological polar surface area (TPSA) is 107 Å². The van der Waals surface area contributed by atoms with Gasteiger partial charge in [-0.3, -0.25) is 9.59 Å². The molecule has 2 bridgehead atoms. The van der Waals surface area contributed by atoms with E-state index < -0.39 is 0 Å². The van der Waals surface area contributed by atoms with Crippen molar-refractivity contribution in [2.45, 2.75) is 50.9 Å². The van der Waals surface area contributed by atoms with Crippen LogP contribution in [0, 0.1) is 11.8 Å². The molecule has 5 aromatic rings. The number of carbonyl (C=O) groups is 2. The van der Waals surface area contributed by atoms with Crippen molar-refractivity contribution in [1.29, 1.82) is 0 Å². The number of nitrogens with two attached hydrogens (primary N) is 1. The summed E-state index contributed by atoms with van der Waals surface area (Å²) in [6, 6.07) is 18.9. The third kappa shape index (κ3) is 4.06. The molecule has 1 saturated heterocycles. The van der Waals surface area contributed by atoms with Gasteiger partial charge in [-0.15, -0.1) is 0 Å². The smallest absolute Gasteiger partial charge is 0.254 e. The van der Waals surface area contributed by atoms with Crippen molar-refractivity contribution in [1.82, 2.24) is 24.3 Å². The van der Waals surface area contributed by atoms with E-state index >= 15 is 0 Å². The molecule has 3 N–H and O–H groups in total. The summed E-state index contributed by atoms with van der Waals surface area (Å²) in [5.74, 6) is 2.53. The molecule has 3 aromatic carbocycles. The van der Waals surface area contributed by atoms with Crippen LogP contribution in [0.4, 0.5) is 0 Å². The van der Waals surface area contributed by atoms with Gasteiger partial charge in [-0.05, 0) is 90.6 Å². The number of aromatic nitrogens is 3. The van der Waals surface area contributed by atoms with Gasteiger partial charge in [0, 0.05) is 60.8 Å². The van der Waals surface area contributed by atoms with Gasteiger partial charge in [0.15, 0.2) is 5.82 Å². The van der Waals surface area contributed by atoms with Crippen molar-refractivity contribution in [3.63, 3.8) is 0 Å². The van der Waals surface area contributed by atoms with Gasteiger partial charge >= 0.3 is 0 Å². The number of hydrogen-bond donors (Lipinski definition) is 2. The Balaban J connectivity index is 1.15. The number of amides is 2. The molecule has 2 aliphatic carbocycles. The Kier molecular flexibility index (Phi) is 5.75. The van der Waals surface area contributed by atoms with E-state index in [0.717, 1.165) is 76.1 Å². The first-order valence-electron chi connectivity index (χ1n) is 16.0. The van der Waals surface area contributed by atoms with E-state index in [-0.39, 0.29) is 23.9 Å². The van der Waals surface area contributed by atoms with Crippen LogP contribution >= 0.6 is 0 Å². The van der Waals surface area contributed by atoms with Gasteiger partial charge in [0.1, 0.15) is 11.3 Å². The number of likely N-dealkylation sites (tertiary alicyclic amines) is 1. The predicted molar refractivity (Wildman–Crippen MR) is 173 cm³/mol. The number of methoxy groups -OCH3 is 1. The molecule has 0 spiro atoms. The summed E-state index contributed by atoms with van der Waals surface area (Å²) in [6.45, 7) is 2.22. The van der Waals surface area contributed by atoms with Crippen molar-refractivity contribution >= 4 is 33.8 Å². The average Bonchev–Trinajstić information content (AvgIpc) is 3.26. The van der Waals surface area contributed by atoms with E-state index in [0.29, 0.717) is 29.7 Å². The van der Waals surface area contributed by atoms with Crippen molar-refractivity contribution in [3.05, 3.63) is 71.3 Å². The number of carbonyl (C=O) groups excluding carboxylic acids is 2. The zero-order chi connectivity index (χ0) is 30.6. The largest absolute Gasteiger partial charge is 0.494 e. The van der Waals surface area contributed by atoms with Crippen LogP contribution in [-0.2, 0) is 20.1 Å². The highest BCUT2D eigenvalue weighted by Crippen LogP contribution is 2.41. The fourth-order valence-corrected chi connectivity index (χ4v) is 8.05. The Morgan fingerprint density at radius 1 is 1.04 bits per heavy atom. The minimum Gasteiger partial charge on any atom is -0.494 e. The molecule has 2 aliphatic heterocycles. The number of fused-ring (bicyclic) bond motifs is 5. The second kappa shape index (κ2) is 9.68. The fourth-order valence-electron chi connectivity index (χ4n) is 8.05. The zero-order valence-electron chi connectivity index (χ0n) is 25.5. The minimum absolute atomic E-state index is 0.00206. The maximum Gasteiger partial charge on any atom is 0.254 e. The number of aryl methyl sites for hydroxylation is 1. The highest BCUT2D eigenvalue weighted by molar-refractivity contribution is 6.01. The normalized spacial score (nSPS) is 22.1. The first-order chi connectivity index (χ1) is 21.9. The number of nitrogens with zero attached hydrogens (tertiary/aromatic N) is 4. The Bertz CT molecular complexity index is 2070. The van der Waals surface area contributed by atoms with Gasteiger partial charge in [-0.2, -0.15) is 0 Å². The minimum atomic E-state index is -0.00206. The number of imidazole rings is 1. The lowest BCUT2D eigenvalue weighted by Gasteiger charge is -2.27. The molecule has 2 amide bonds. The monoisotopic (exact) mass is 600 g/mol. The van der Waals surface area contributed by atoms with Gasteiger partial charge in [0.2, 0.25) is 0 Å². The summed E-state index contributed by atoms with van der Waals surface area (Å²) in [6.07, 6.45) is 4.54. The highest BCUT2D eigenvalue weighted by Gasteiger charge is 2.47. The molecule has 4 aliphatic rings.